The van der Waals surface area contributed by atoms with Crippen molar-refractivity contribution >= 4 is 11.0 Å². The summed E-state index contributed by atoms with van der Waals surface area (Å²) < 4.78 is 39.1. The Kier molecular flexibility index (Phi) is 3.57. The van der Waals surface area contributed by atoms with Gasteiger partial charge in [-0.05, 0) is 13.0 Å². The smallest absolute Gasteiger partial charge is 0.394 e. The Bertz CT molecular complexity index is 690. The summed E-state index contributed by atoms with van der Waals surface area (Å²) in [4.78, 5) is 18.0. The fraction of sp³-hybridized carbons (Fsp3) is 0.455. The van der Waals surface area contributed by atoms with Crippen molar-refractivity contribution in [2.24, 2.45) is 0 Å². The van der Waals surface area contributed by atoms with Crippen LogP contribution in [0.4, 0.5) is 13.2 Å². The van der Waals surface area contributed by atoms with Crippen LogP contribution in [-0.2, 0) is 12.7 Å². The highest BCUT2D eigenvalue weighted by Gasteiger charge is 2.38. The number of aromatic amines is 1. The van der Waals surface area contributed by atoms with Gasteiger partial charge in [-0.1, -0.05) is 0 Å². The molecule has 0 radical (unpaired) electrons. The molecule has 0 fully saturated rings. The van der Waals surface area contributed by atoms with Gasteiger partial charge in [0.25, 0.3) is 5.56 Å². The van der Waals surface area contributed by atoms with Crippen LogP contribution in [0.3, 0.4) is 0 Å². The number of aliphatic hydroxyl groups is 2. The SMILES string of the molecule is Cc1cc2c(=O)n(CC(O)CO)c(C(F)(F)F)nc2[nH]1. The van der Waals surface area contributed by atoms with Crippen molar-refractivity contribution in [3.63, 3.8) is 0 Å². The van der Waals surface area contributed by atoms with Crippen molar-refractivity contribution in [3.8, 4) is 0 Å². The first-order valence-corrected chi connectivity index (χ1v) is 5.70. The first kappa shape index (κ1) is 14.5. The highest BCUT2D eigenvalue weighted by atomic mass is 19.4. The number of rotatable bonds is 3. The summed E-state index contributed by atoms with van der Waals surface area (Å²) in [5.41, 5.74) is -0.577. The maximum absolute atomic E-state index is 12.9. The van der Waals surface area contributed by atoms with E-state index in [1.165, 1.54) is 6.07 Å². The summed E-state index contributed by atoms with van der Waals surface area (Å²) in [7, 11) is 0. The van der Waals surface area contributed by atoms with E-state index in [0.717, 1.165) is 0 Å². The van der Waals surface area contributed by atoms with Gasteiger partial charge in [-0.3, -0.25) is 9.36 Å². The van der Waals surface area contributed by atoms with Gasteiger partial charge in [-0.15, -0.1) is 0 Å². The molecule has 9 heteroatoms. The van der Waals surface area contributed by atoms with Gasteiger partial charge in [-0.2, -0.15) is 13.2 Å². The molecule has 0 aliphatic heterocycles. The van der Waals surface area contributed by atoms with E-state index >= 15 is 0 Å². The molecule has 20 heavy (non-hydrogen) atoms. The van der Waals surface area contributed by atoms with Gasteiger partial charge in [0.05, 0.1) is 24.6 Å². The summed E-state index contributed by atoms with van der Waals surface area (Å²) >= 11 is 0. The van der Waals surface area contributed by atoms with E-state index in [4.69, 9.17) is 5.11 Å². The normalized spacial score (nSPS) is 13.9. The Hall–Kier alpha value is -1.87. The molecule has 1 unspecified atom stereocenters. The summed E-state index contributed by atoms with van der Waals surface area (Å²) in [5.74, 6) is -1.41. The molecule has 1 atom stereocenters. The van der Waals surface area contributed by atoms with Crippen LogP contribution in [0.15, 0.2) is 10.9 Å². The van der Waals surface area contributed by atoms with Crippen molar-refractivity contribution in [2.75, 3.05) is 6.61 Å². The summed E-state index contributed by atoms with van der Waals surface area (Å²) in [6, 6.07) is 1.38. The topological polar surface area (TPSA) is 91.1 Å². The van der Waals surface area contributed by atoms with E-state index in [1.807, 2.05) is 0 Å². The lowest BCUT2D eigenvalue weighted by Gasteiger charge is -2.16. The van der Waals surface area contributed by atoms with Crippen LogP contribution in [-0.4, -0.2) is 37.5 Å². The van der Waals surface area contributed by atoms with Gasteiger partial charge in [0.15, 0.2) is 0 Å². The molecule has 0 saturated heterocycles. The minimum Gasteiger partial charge on any atom is -0.394 e. The van der Waals surface area contributed by atoms with Gasteiger partial charge in [-0.25, -0.2) is 4.98 Å². The second kappa shape index (κ2) is 4.91. The minimum absolute atomic E-state index is 0.000592. The summed E-state index contributed by atoms with van der Waals surface area (Å²) in [6.45, 7) is 0.145. The van der Waals surface area contributed by atoms with Gasteiger partial charge in [0, 0.05) is 5.69 Å². The number of nitrogens with one attached hydrogen (secondary N) is 1. The summed E-state index contributed by atoms with van der Waals surface area (Å²) in [6.07, 6.45) is -6.32. The van der Waals surface area contributed by atoms with Crippen molar-refractivity contribution in [1.29, 1.82) is 0 Å². The lowest BCUT2D eigenvalue weighted by molar-refractivity contribution is -0.148. The van der Waals surface area contributed by atoms with Crippen LogP contribution in [0.5, 0.6) is 0 Å². The lowest BCUT2D eigenvalue weighted by Crippen LogP contribution is -2.34. The largest absolute Gasteiger partial charge is 0.449 e. The average Bonchev–Trinajstić information content (AvgIpc) is 2.72. The third-order valence-corrected chi connectivity index (χ3v) is 2.74. The van der Waals surface area contributed by atoms with Crippen molar-refractivity contribution < 1.29 is 23.4 Å². The number of alkyl halides is 3. The molecule has 0 aromatic carbocycles. The molecular weight excluding hydrogens is 279 g/mol. The van der Waals surface area contributed by atoms with E-state index in [0.29, 0.717) is 10.3 Å². The molecule has 0 spiro atoms. The maximum Gasteiger partial charge on any atom is 0.449 e. The van der Waals surface area contributed by atoms with Crippen LogP contribution < -0.4 is 5.56 Å². The zero-order chi connectivity index (χ0) is 15.1. The molecule has 0 aliphatic carbocycles. The number of hydrogen-bond donors (Lipinski definition) is 3. The Morgan fingerprint density at radius 2 is 2.15 bits per heavy atom. The van der Waals surface area contributed by atoms with Crippen LogP contribution in [0.25, 0.3) is 11.0 Å². The molecule has 2 heterocycles. The third kappa shape index (κ3) is 2.54. The highest BCUT2D eigenvalue weighted by molar-refractivity contribution is 5.75. The standard InChI is InChI=1S/C11H12F3N3O3/c1-5-2-7-8(15-5)16-10(11(12,13)14)17(9(7)20)3-6(19)4-18/h2,6,15,18-19H,3-4H2,1H3. The predicted octanol–water partition coefficient (Wildman–Crippen LogP) is 0.405. The zero-order valence-corrected chi connectivity index (χ0v) is 10.4. The van der Waals surface area contributed by atoms with Gasteiger partial charge in [0.1, 0.15) is 5.65 Å². The molecule has 2 aromatic heterocycles. The number of aromatic nitrogens is 3. The summed E-state index contributed by atoms with van der Waals surface area (Å²) in [5, 5.41) is 18.0. The van der Waals surface area contributed by atoms with Crippen molar-refractivity contribution in [1.82, 2.24) is 14.5 Å². The van der Waals surface area contributed by atoms with Crippen LogP contribution in [0, 0.1) is 6.92 Å². The fourth-order valence-electron chi connectivity index (χ4n) is 1.89. The number of fused-ring (bicyclic) bond motifs is 1. The average molecular weight is 291 g/mol. The van der Waals surface area contributed by atoms with Gasteiger partial charge in [0.2, 0.25) is 5.82 Å². The number of aliphatic hydroxyl groups excluding tert-OH is 2. The number of aryl methyl sites for hydroxylation is 1. The fourth-order valence-corrected chi connectivity index (χ4v) is 1.89. The van der Waals surface area contributed by atoms with Gasteiger partial charge < -0.3 is 15.2 Å². The molecule has 0 bridgehead atoms. The molecule has 0 saturated carbocycles. The number of halogens is 3. The Labute approximate surface area is 110 Å². The first-order valence-electron chi connectivity index (χ1n) is 5.70. The number of nitrogens with zero attached hydrogens (tertiary/aromatic N) is 2. The molecule has 0 aliphatic rings. The number of hydrogen-bond acceptors (Lipinski definition) is 4. The second-order valence-corrected chi connectivity index (χ2v) is 4.40. The molecule has 6 nitrogen and oxygen atoms in total. The zero-order valence-electron chi connectivity index (χ0n) is 10.4. The second-order valence-electron chi connectivity index (χ2n) is 4.40. The Morgan fingerprint density at radius 1 is 1.50 bits per heavy atom. The van der Waals surface area contributed by atoms with E-state index < -0.39 is 36.8 Å². The maximum atomic E-state index is 12.9. The molecule has 0 amide bonds. The number of H-pyrrole nitrogens is 1. The third-order valence-electron chi connectivity index (χ3n) is 2.74. The van der Waals surface area contributed by atoms with E-state index in [2.05, 4.69) is 9.97 Å². The molecular formula is C11H12F3N3O3. The molecule has 2 rings (SSSR count). The quantitative estimate of drug-likeness (QED) is 0.763. The lowest BCUT2D eigenvalue weighted by atomic mass is 10.3. The Morgan fingerprint density at radius 3 is 2.70 bits per heavy atom. The highest BCUT2D eigenvalue weighted by Crippen LogP contribution is 2.28. The molecule has 2 aromatic rings. The van der Waals surface area contributed by atoms with Crippen molar-refractivity contribution in [3.05, 3.63) is 27.9 Å². The van der Waals surface area contributed by atoms with E-state index in [1.54, 1.807) is 6.92 Å². The predicted molar refractivity (Wildman–Crippen MR) is 63.2 cm³/mol. The minimum atomic E-state index is -4.85. The first-order chi connectivity index (χ1) is 9.24. The molecule has 3 N–H and O–H groups in total. The Balaban J connectivity index is 2.73. The van der Waals surface area contributed by atoms with E-state index in [-0.39, 0.29) is 11.0 Å². The van der Waals surface area contributed by atoms with Crippen LogP contribution in [0.1, 0.15) is 11.5 Å². The van der Waals surface area contributed by atoms with Crippen LogP contribution in [0.2, 0.25) is 0 Å². The molecule has 110 valence electrons. The monoisotopic (exact) mass is 291 g/mol. The van der Waals surface area contributed by atoms with Gasteiger partial charge >= 0.3 is 6.18 Å². The van der Waals surface area contributed by atoms with E-state index in [9.17, 15) is 23.1 Å². The van der Waals surface area contributed by atoms with Crippen LogP contribution >= 0.6 is 0 Å². The van der Waals surface area contributed by atoms with Crippen molar-refractivity contribution in [2.45, 2.75) is 25.7 Å².